The second kappa shape index (κ2) is 4.38. The SMILES string of the molecule is CCCC1=C(CN)C(=O)CC(C)=C1. The summed E-state index contributed by atoms with van der Waals surface area (Å²) in [6, 6.07) is 0. The number of allylic oxidation sites excluding steroid dienone is 3. The number of rotatable bonds is 3. The van der Waals surface area contributed by atoms with E-state index in [9.17, 15) is 4.79 Å². The van der Waals surface area contributed by atoms with Gasteiger partial charge in [-0.25, -0.2) is 0 Å². The van der Waals surface area contributed by atoms with Gasteiger partial charge >= 0.3 is 0 Å². The van der Waals surface area contributed by atoms with Gasteiger partial charge in [-0.1, -0.05) is 25.0 Å². The summed E-state index contributed by atoms with van der Waals surface area (Å²) in [6.45, 7) is 4.50. The van der Waals surface area contributed by atoms with Gasteiger partial charge in [0.25, 0.3) is 0 Å². The largest absolute Gasteiger partial charge is 0.326 e. The molecule has 0 saturated carbocycles. The second-order valence-electron chi connectivity index (χ2n) is 3.55. The number of hydrogen-bond acceptors (Lipinski definition) is 2. The number of carbonyl (C=O) groups is 1. The van der Waals surface area contributed by atoms with Gasteiger partial charge in [-0.2, -0.15) is 0 Å². The second-order valence-corrected chi connectivity index (χ2v) is 3.55. The van der Waals surface area contributed by atoms with Crippen LogP contribution in [-0.4, -0.2) is 12.3 Å². The number of nitrogens with two attached hydrogens (primary N) is 1. The van der Waals surface area contributed by atoms with E-state index < -0.39 is 0 Å². The molecule has 2 heteroatoms. The summed E-state index contributed by atoms with van der Waals surface area (Å²) in [7, 11) is 0. The normalized spacial score (nSPS) is 17.8. The molecule has 1 aliphatic carbocycles. The molecule has 0 heterocycles. The van der Waals surface area contributed by atoms with Gasteiger partial charge < -0.3 is 5.73 Å². The van der Waals surface area contributed by atoms with E-state index in [-0.39, 0.29) is 5.78 Å². The van der Waals surface area contributed by atoms with Crippen LogP contribution in [0.3, 0.4) is 0 Å². The lowest BCUT2D eigenvalue weighted by Gasteiger charge is -2.15. The zero-order chi connectivity index (χ0) is 9.84. The Morgan fingerprint density at radius 1 is 1.54 bits per heavy atom. The van der Waals surface area contributed by atoms with Crippen LogP contribution in [0.1, 0.15) is 33.1 Å². The van der Waals surface area contributed by atoms with Gasteiger partial charge in [0.15, 0.2) is 5.78 Å². The van der Waals surface area contributed by atoms with Gasteiger partial charge in [0.05, 0.1) is 0 Å². The fourth-order valence-corrected chi connectivity index (χ4v) is 1.71. The van der Waals surface area contributed by atoms with Crippen molar-refractivity contribution in [2.45, 2.75) is 33.1 Å². The minimum absolute atomic E-state index is 0.214. The highest BCUT2D eigenvalue weighted by molar-refractivity contribution is 5.99. The van der Waals surface area contributed by atoms with E-state index in [1.54, 1.807) is 0 Å². The lowest BCUT2D eigenvalue weighted by Crippen LogP contribution is -2.18. The molecule has 0 spiro atoms. The third-order valence-corrected chi connectivity index (χ3v) is 2.31. The third-order valence-electron chi connectivity index (χ3n) is 2.31. The number of carbonyl (C=O) groups excluding carboxylic acids is 1. The fourth-order valence-electron chi connectivity index (χ4n) is 1.71. The first-order valence-corrected chi connectivity index (χ1v) is 4.81. The molecule has 1 aliphatic rings. The van der Waals surface area contributed by atoms with Crippen molar-refractivity contribution in [3.05, 3.63) is 22.8 Å². The fraction of sp³-hybridized carbons (Fsp3) is 0.545. The van der Waals surface area contributed by atoms with E-state index in [0.717, 1.165) is 29.6 Å². The van der Waals surface area contributed by atoms with Crippen molar-refractivity contribution in [1.82, 2.24) is 0 Å². The molecule has 72 valence electrons. The standard InChI is InChI=1S/C11H17NO/c1-3-4-9-5-8(2)6-11(13)10(9)7-12/h5H,3-4,6-7,12H2,1-2H3. The summed E-state index contributed by atoms with van der Waals surface area (Å²) in [5, 5.41) is 0. The molecule has 0 aromatic heterocycles. The lowest BCUT2D eigenvalue weighted by molar-refractivity contribution is -0.115. The zero-order valence-corrected chi connectivity index (χ0v) is 8.39. The van der Waals surface area contributed by atoms with Crippen LogP contribution >= 0.6 is 0 Å². The first kappa shape index (κ1) is 10.2. The molecule has 0 amide bonds. The Balaban J connectivity index is 2.97. The average Bonchev–Trinajstić information content (AvgIpc) is 2.04. The molecule has 2 N–H and O–H groups in total. The maximum atomic E-state index is 11.5. The predicted octanol–water partition coefficient (Wildman–Crippen LogP) is 1.96. The summed E-state index contributed by atoms with van der Waals surface area (Å²) >= 11 is 0. The van der Waals surface area contributed by atoms with Crippen molar-refractivity contribution in [1.29, 1.82) is 0 Å². The minimum atomic E-state index is 0.214. The Bertz CT molecular complexity index is 274. The highest BCUT2D eigenvalue weighted by Gasteiger charge is 2.17. The molecule has 0 radical (unpaired) electrons. The van der Waals surface area contributed by atoms with Crippen molar-refractivity contribution in [3.8, 4) is 0 Å². The summed E-state index contributed by atoms with van der Waals surface area (Å²) in [4.78, 5) is 11.5. The first-order chi connectivity index (χ1) is 6.19. The maximum Gasteiger partial charge on any atom is 0.164 e. The molecule has 2 nitrogen and oxygen atoms in total. The van der Waals surface area contributed by atoms with Crippen molar-refractivity contribution in [2.24, 2.45) is 5.73 Å². The molecule has 0 aliphatic heterocycles. The molecule has 13 heavy (non-hydrogen) atoms. The van der Waals surface area contributed by atoms with Gasteiger partial charge in [-0.3, -0.25) is 4.79 Å². The van der Waals surface area contributed by atoms with Crippen LogP contribution in [0.15, 0.2) is 22.8 Å². The van der Waals surface area contributed by atoms with Gasteiger partial charge in [0, 0.05) is 18.5 Å². The van der Waals surface area contributed by atoms with Gasteiger partial charge in [-0.05, 0) is 18.9 Å². The molecule has 0 fully saturated rings. The van der Waals surface area contributed by atoms with Crippen LogP contribution in [0.4, 0.5) is 0 Å². The number of hydrogen-bond donors (Lipinski definition) is 1. The molecular formula is C11H17NO. The van der Waals surface area contributed by atoms with Crippen LogP contribution < -0.4 is 5.73 Å². The van der Waals surface area contributed by atoms with E-state index in [4.69, 9.17) is 5.73 Å². The van der Waals surface area contributed by atoms with Crippen LogP contribution in [-0.2, 0) is 4.79 Å². The zero-order valence-electron chi connectivity index (χ0n) is 8.39. The topological polar surface area (TPSA) is 43.1 Å². The van der Waals surface area contributed by atoms with E-state index in [1.807, 2.05) is 6.92 Å². The Labute approximate surface area is 79.5 Å². The molecule has 0 aromatic rings. The molecule has 1 rings (SSSR count). The molecule has 0 aromatic carbocycles. The van der Waals surface area contributed by atoms with Crippen molar-refractivity contribution < 1.29 is 4.79 Å². The third kappa shape index (κ3) is 2.28. The predicted molar refractivity (Wildman–Crippen MR) is 54.4 cm³/mol. The Hall–Kier alpha value is -0.890. The Morgan fingerprint density at radius 3 is 2.77 bits per heavy atom. The van der Waals surface area contributed by atoms with E-state index >= 15 is 0 Å². The molecule has 0 saturated heterocycles. The minimum Gasteiger partial charge on any atom is -0.326 e. The summed E-state index contributed by atoms with van der Waals surface area (Å²) in [6.07, 6.45) is 4.71. The molecule has 0 unspecified atom stereocenters. The highest BCUT2D eigenvalue weighted by atomic mass is 16.1. The molecule has 0 atom stereocenters. The number of Topliss-reactive ketones (excluding diaryl/α,β-unsaturated/α-hetero) is 1. The molecular weight excluding hydrogens is 162 g/mol. The Kier molecular flexibility index (Phi) is 3.43. The first-order valence-electron chi connectivity index (χ1n) is 4.81. The quantitative estimate of drug-likeness (QED) is 0.719. The number of ketones is 1. The summed E-state index contributed by atoms with van der Waals surface area (Å²) < 4.78 is 0. The molecule has 0 bridgehead atoms. The van der Waals surface area contributed by atoms with Crippen LogP contribution in [0.2, 0.25) is 0 Å². The van der Waals surface area contributed by atoms with Crippen LogP contribution in [0.5, 0.6) is 0 Å². The summed E-state index contributed by atoms with van der Waals surface area (Å²) in [5.41, 5.74) is 8.70. The van der Waals surface area contributed by atoms with Crippen molar-refractivity contribution in [2.75, 3.05) is 6.54 Å². The van der Waals surface area contributed by atoms with Gasteiger partial charge in [0.2, 0.25) is 0 Å². The van der Waals surface area contributed by atoms with E-state index in [2.05, 4.69) is 13.0 Å². The van der Waals surface area contributed by atoms with Crippen LogP contribution in [0, 0.1) is 0 Å². The van der Waals surface area contributed by atoms with E-state index in [0.29, 0.717) is 13.0 Å². The van der Waals surface area contributed by atoms with Crippen molar-refractivity contribution in [3.63, 3.8) is 0 Å². The lowest BCUT2D eigenvalue weighted by atomic mass is 9.90. The monoisotopic (exact) mass is 179 g/mol. The smallest absolute Gasteiger partial charge is 0.164 e. The van der Waals surface area contributed by atoms with E-state index in [1.165, 1.54) is 0 Å². The Morgan fingerprint density at radius 2 is 2.23 bits per heavy atom. The van der Waals surface area contributed by atoms with Gasteiger partial charge in [0.1, 0.15) is 0 Å². The highest BCUT2D eigenvalue weighted by Crippen LogP contribution is 2.23. The average molecular weight is 179 g/mol. The van der Waals surface area contributed by atoms with Crippen molar-refractivity contribution >= 4 is 5.78 Å². The summed E-state index contributed by atoms with van der Waals surface area (Å²) in [5.74, 6) is 0.214. The van der Waals surface area contributed by atoms with Crippen LogP contribution in [0.25, 0.3) is 0 Å². The maximum absolute atomic E-state index is 11.5. The van der Waals surface area contributed by atoms with Gasteiger partial charge in [-0.15, -0.1) is 0 Å².